The minimum Gasteiger partial charge on any atom is -0.396 e. The number of benzene rings is 1. The summed E-state index contributed by atoms with van der Waals surface area (Å²) in [7, 11) is 0. The molecule has 0 heterocycles. The molecular weight excluding hydrogens is 362 g/mol. The molecule has 1 rings (SSSR count). The molecule has 0 aromatic heterocycles. The molecule has 0 radical (unpaired) electrons. The van der Waals surface area contributed by atoms with Gasteiger partial charge in [-0.2, -0.15) is 5.26 Å². The van der Waals surface area contributed by atoms with E-state index in [1.807, 2.05) is 38.1 Å². The van der Waals surface area contributed by atoms with Crippen molar-refractivity contribution in [1.82, 2.24) is 0 Å². The van der Waals surface area contributed by atoms with E-state index in [4.69, 9.17) is 16.1 Å². The molecule has 0 unspecified atom stereocenters. The number of amides is 1. The third-order valence-corrected chi connectivity index (χ3v) is 3.43. The average Bonchev–Trinajstić information content (AvgIpc) is 2.70. The fourth-order valence-electron chi connectivity index (χ4n) is 1.95. The lowest BCUT2D eigenvalue weighted by Gasteiger charge is -2.20. The van der Waals surface area contributed by atoms with Crippen LogP contribution in [0.5, 0.6) is 0 Å². The number of aliphatic hydroxyl groups is 1. The van der Waals surface area contributed by atoms with Crippen LogP contribution in [0.3, 0.4) is 0 Å². The fraction of sp³-hybridized carbons (Fsp3) is 0.583. The lowest BCUT2D eigenvalue weighted by Crippen LogP contribution is -2.21. The SMILES string of the molecule is CC.CC(C)CCO.CCC.CCN(CC)c1ccc(/C=C(\C#N)C(N)=O)cc1. The van der Waals surface area contributed by atoms with Gasteiger partial charge in [0.25, 0.3) is 5.91 Å². The number of anilines is 1. The number of nitrogens with zero attached hydrogens (tertiary/aromatic N) is 2. The van der Waals surface area contributed by atoms with Gasteiger partial charge >= 0.3 is 0 Å². The standard InChI is InChI=1S/C14H17N3O.C5H12O.C3H8.C2H6/c1-3-17(4-2)13-7-5-11(6-8-13)9-12(10-15)14(16)18;1-5(2)3-4-6;1-3-2;1-2/h5-9H,3-4H2,1-2H3,(H2,16,18);5-6H,3-4H2,1-2H3;3H2,1-2H3;1-2H3/b12-9+;;;. The van der Waals surface area contributed by atoms with Gasteiger partial charge in [0.05, 0.1) is 0 Å². The van der Waals surface area contributed by atoms with E-state index in [1.54, 1.807) is 6.07 Å². The van der Waals surface area contributed by atoms with Gasteiger partial charge in [0, 0.05) is 25.4 Å². The van der Waals surface area contributed by atoms with E-state index in [1.165, 1.54) is 12.5 Å². The number of hydrogen-bond donors (Lipinski definition) is 2. The minimum atomic E-state index is -0.703. The number of nitrogens with two attached hydrogens (primary N) is 1. The second-order valence-corrected chi connectivity index (χ2v) is 6.41. The molecule has 3 N–H and O–H groups in total. The van der Waals surface area contributed by atoms with E-state index in [0.29, 0.717) is 12.5 Å². The minimum absolute atomic E-state index is 0.0365. The highest BCUT2D eigenvalue weighted by atomic mass is 16.3. The molecule has 1 aromatic rings. The maximum atomic E-state index is 10.9. The Bertz CT molecular complexity index is 569. The van der Waals surface area contributed by atoms with Gasteiger partial charge in [-0.1, -0.05) is 60.1 Å². The Kier molecular flexibility index (Phi) is 23.8. The zero-order chi connectivity index (χ0) is 23.2. The Morgan fingerprint density at radius 3 is 1.83 bits per heavy atom. The van der Waals surface area contributed by atoms with Crippen LogP contribution in [0.4, 0.5) is 5.69 Å². The predicted octanol–water partition coefficient (Wildman–Crippen LogP) is 5.39. The van der Waals surface area contributed by atoms with Crippen LogP contribution in [0.2, 0.25) is 0 Å². The van der Waals surface area contributed by atoms with Crippen molar-refractivity contribution >= 4 is 17.7 Å². The lowest BCUT2D eigenvalue weighted by atomic mass is 10.1. The highest BCUT2D eigenvalue weighted by Crippen LogP contribution is 2.16. The van der Waals surface area contributed by atoms with E-state index < -0.39 is 5.91 Å². The first kappa shape index (κ1) is 31.4. The molecule has 29 heavy (non-hydrogen) atoms. The first-order valence-electron chi connectivity index (χ1n) is 10.7. The molecule has 1 amide bonds. The van der Waals surface area contributed by atoms with E-state index in [-0.39, 0.29) is 5.57 Å². The monoisotopic (exact) mass is 405 g/mol. The summed E-state index contributed by atoms with van der Waals surface area (Å²) in [6, 6.07) is 9.46. The highest BCUT2D eigenvalue weighted by Gasteiger charge is 2.04. The number of carbonyl (C=O) groups excluding carboxylic acids is 1. The molecule has 0 fully saturated rings. The third kappa shape index (κ3) is 17.5. The first-order chi connectivity index (χ1) is 13.8. The largest absolute Gasteiger partial charge is 0.396 e. The van der Waals surface area contributed by atoms with Crippen LogP contribution in [0, 0.1) is 17.2 Å². The van der Waals surface area contributed by atoms with Crippen LogP contribution in [0.1, 0.15) is 73.8 Å². The summed E-state index contributed by atoms with van der Waals surface area (Å²) < 4.78 is 0. The van der Waals surface area contributed by atoms with Crippen LogP contribution in [0.25, 0.3) is 6.08 Å². The van der Waals surface area contributed by atoms with Crippen molar-refractivity contribution in [3.63, 3.8) is 0 Å². The summed E-state index contributed by atoms with van der Waals surface area (Å²) in [6.07, 6.45) is 3.67. The lowest BCUT2D eigenvalue weighted by molar-refractivity contribution is -0.114. The van der Waals surface area contributed by atoms with Gasteiger partial charge in [-0.25, -0.2) is 0 Å². The molecule has 0 aliphatic rings. The van der Waals surface area contributed by atoms with Crippen molar-refractivity contribution in [3.8, 4) is 6.07 Å². The Balaban J connectivity index is -0.000000512. The number of hydrogen-bond acceptors (Lipinski definition) is 4. The molecule has 0 atom stereocenters. The normalized spacial score (nSPS) is 9.62. The van der Waals surface area contributed by atoms with Crippen molar-refractivity contribution in [3.05, 3.63) is 35.4 Å². The zero-order valence-corrected chi connectivity index (χ0v) is 19.8. The number of primary amides is 1. The molecule has 0 aliphatic heterocycles. The molecule has 5 heteroatoms. The summed E-state index contributed by atoms with van der Waals surface area (Å²) in [6.45, 7) is 18.8. The van der Waals surface area contributed by atoms with Gasteiger partial charge in [-0.3, -0.25) is 4.79 Å². The van der Waals surface area contributed by atoms with Crippen molar-refractivity contribution < 1.29 is 9.90 Å². The van der Waals surface area contributed by atoms with E-state index in [9.17, 15) is 4.79 Å². The highest BCUT2D eigenvalue weighted by molar-refractivity contribution is 6.00. The van der Waals surface area contributed by atoms with Crippen molar-refractivity contribution in [2.24, 2.45) is 11.7 Å². The Hall–Kier alpha value is -2.32. The summed E-state index contributed by atoms with van der Waals surface area (Å²) in [4.78, 5) is 13.1. The smallest absolute Gasteiger partial charge is 0.259 e. The quantitative estimate of drug-likeness (QED) is 0.470. The van der Waals surface area contributed by atoms with Gasteiger partial charge in [-0.05, 0) is 50.0 Å². The van der Waals surface area contributed by atoms with E-state index in [2.05, 4.69) is 46.4 Å². The number of rotatable bonds is 7. The Labute approximate surface area is 179 Å². The molecular formula is C24H43N3O2. The predicted molar refractivity (Wildman–Crippen MR) is 127 cm³/mol. The van der Waals surface area contributed by atoms with Crippen LogP contribution in [0.15, 0.2) is 29.8 Å². The molecule has 5 nitrogen and oxygen atoms in total. The van der Waals surface area contributed by atoms with Crippen molar-refractivity contribution in [2.75, 3.05) is 24.6 Å². The Morgan fingerprint density at radius 2 is 1.59 bits per heavy atom. The molecule has 0 aliphatic carbocycles. The summed E-state index contributed by atoms with van der Waals surface area (Å²) in [5.41, 5.74) is 6.95. The molecule has 0 saturated carbocycles. The zero-order valence-electron chi connectivity index (χ0n) is 19.8. The van der Waals surface area contributed by atoms with Gasteiger partial charge in [0.1, 0.15) is 11.6 Å². The van der Waals surface area contributed by atoms with Gasteiger partial charge < -0.3 is 15.7 Å². The van der Waals surface area contributed by atoms with Gasteiger partial charge in [-0.15, -0.1) is 0 Å². The second-order valence-electron chi connectivity index (χ2n) is 6.41. The molecule has 0 bridgehead atoms. The number of carbonyl (C=O) groups is 1. The van der Waals surface area contributed by atoms with Gasteiger partial charge in [0.2, 0.25) is 0 Å². The third-order valence-electron chi connectivity index (χ3n) is 3.43. The Morgan fingerprint density at radius 1 is 1.14 bits per heavy atom. The molecule has 166 valence electrons. The maximum Gasteiger partial charge on any atom is 0.259 e. The summed E-state index contributed by atoms with van der Waals surface area (Å²) in [5.74, 6) is -0.0553. The second kappa shape index (κ2) is 22.0. The topological polar surface area (TPSA) is 90.3 Å². The van der Waals surface area contributed by atoms with E-state index >= 15 is 0 Å². The van der Waals surface area contributed by atoms with Crippen LogP contribution in [-0.2, 0) is 4.79 Å². The molecule has 0 saturated heterocycles. The summed E-state index contributed by atoms with van der Waals surface area (Å²) >= 11 is 0. The first-order valence-corrected chi connectivity index (χ1v) is 10.7. The van der Waals surface area contributed by atoms with Crippen LogP contribution >= 0.6 is 0 Å². The number of nitriles is 1. The van der Waals surface area contributed by atoms with E-state index in [0.717, 1.165) is 30.8 Å². The van der Waals surface area contributed by atoms with Crippen molar-refractivity contribution in [2.45, 2.75) is 68.2 Å². The fourth-order valence-corrected chi connectivity index (χ4v) is 1.95. The molecule has 0 spiro atoms. The van der Waals surface area contributed by atoms with Crippen LogP contribution < -0.4 is 10.6 Å². The van der Waals surface area contributed by atoms with Crippen LogP contribution in [-0.4, -0.2) is 30.7 Å². The maximum absolute atomic E-state index is 10.9. The number of aliphatic hydroxyl groups excluding tert-OH is 1. The van der Waals surface area contributed by atoms with Gasteiger partial charge in [0.15, 0.2) is 0 Å². The average molecular weight is 406 g/mol. The van der Waals surface area contributed by atoms with Crippen molar-refractivity contribution in [1.29, 1.82) is 5.26 Å². The summed E-state index contributed by atoms with van der Waals surface area (Å²) in [5, 5.41) is 17.0. The molecule has 1 aromatic carbocycles.